The van der Waals surface area contributed by atoms with Crippen LogP contribution in [0.4, 0.5) is 0 Å². The number of rotatable bonds is 7. The molecule has 0 saturated carbocycles. The van der Waals surface area contributed by atoms with Crippen molar-refractivity contribution < 1.29 is 23.8 Å². The van der Waals surface area contributed by atoms with Crippen LogP contribution in [0.25, 0.3) is 0 Å². The number of Topliss-reactive ketones (excluding diaryl/α,β-unsaturated/α-hetero) is 1. The summed E-state index contributed by atoms with van der Waals surface area (Å²) in [6.45, 7) is 3.06. The first kappa shape index (κ1) is 14.5. The third-order valence-corrected chi connectivity index (χ3v) is 3.05. The number of carbonyl (C=O) groups is 2. The molecular formula is C15H18O5. The van der Waals surface area contributed by atoms with E-state index in [4.69, 9.17) is 9.47 Å². The first-order chi connectivity index (χ1) is 9.60. The molecule has 1 aliphatic rings. The SMILES string of the molecule is COC(=O)CCC(=O)c1cc(C)ccc1OCC1CO1. The van der Waals surface area contributed by atoms with Crippen molar-refractivity contribution in [3.05, 3.63) is 29.3 Å². The molecule has 0 bridgehead atoms. The van der Waals surface area contributed by atoms with Crippen LogP contribution in [-0.2, 0) is 14.3 Å². The zero-order valence-corrected chi connectivity index (χ0v) is 11.7. The smallest absolute Gasteiger partial charge is 0.305 e. The Kier molecular flexibility index (Phi) is 4.74. The van der Waals surface area contributed by atoms with Gasteiger partial charge in [-0.25, -0.2) is 0 Å². The molecule has 0 amide bonds. The van der Waals surface area contributed by atoms with Gasteiger partial charge in [0.25, 0.3) is 0 Å². The second-order valence-electron chi connectivity index (χ2n) is 4.77. The minimum absolute atomic E-state index is 0.0778. The number of hydrogen-bond acceptors (Lipinski definition) is 5. The highest BCUT2D eigenvalue weighted by molar-refractivity contribution is 6.00. The molecule has 108 valence electrons. The first-order valence-electron chi connectivity index (χ1n) is 6.55. The number of aryl methyl sites for hydroxylation is 1. The lowest BCUT2D eigenvalue weighted by Crippen LogP contribution is -2.10. The van der Waals surface area contributed by atoms with Crippen molar-refractivity contribution in [1.29, 1.82) is 0 Å². The van der Waals surface area contributed by atoms with Crippen LogP contribution < -0.4 is 4.74 Å². The molecule has 2 rings (SSSR count). The number of carbonyl (C=O) groups excluding carboxylic acids is 2. The fourth-order valence-electron chi connectivity index (χ4n) is 1.79. The third-order valence-electron chi connectivity index (χ3n) is 3.05. The van der Waals surface area contributed by atoms with E-state index in [0.29, 0.717) is 24.5 Å². The lowest BCUT2D eigenvalue weighted by atomic mass is 10.0. The van der Waals surface area contributed by atoms with Crippen LogP contribution in [-0.4, -0.2) is 38.2 Å². The standard InChI is InChI=1S/C15H18O5/c1-10-3-5-14(20-9-11-8-19-11)12(7-10)13(16)4-6-15(17)18-2/h3,5,7,11H,4,6,8-9H2,1-2H3. The van der Waals surface area contributed by atoms with Crippen molar-refractivity contribution in [2.45, 2.75) is 25.9 Å². The van der Waals surface area contributed by atoms with E-state index in [1.54, 1.807) is 12.1 Å². The van der Waals surface area contributed by atoms with Crippen LogP contribution >= 0.6 is 0 Å². The van der Waals surface area contributed by atoms with Crippen molar-refractivity contribution in [2.75, 3.05) is 20.3 Å². The molecule has 0 aromatic heterocycles. The molecule has 5 heteroatoms. The highest BCUT2D eigenvalue weighted by Gasteiger charge is 2.24. The lowest BCUT2D eigenvalue weighted by molar-refractivity contribution is -0.140. The number of esters is 1. The molecule has 1 aromatic carbocycles. The Bertz CT molecular complexity index is 505. The summed E-state index contributed by atoms with van der Waals surface area (Å²) in [7, 11) is 1.31. The molecule has 1 heterocycles. The molecule has 1 atom stereocenters. The Morgan fingerprint density at radius 3 is 2.75 bits per heavy atom. The minimum atomic E-state index is -0.389. The predicted molar refractivity (Wildman–Crippen MR) is 72.0 cm³/mol. The topological polar surface area (TPSA) is 65.1 Å². The van der Waals surface area contributed by atoms with Gasteiger partial charge in [-0.15, -0.1) is 0 Å². The van der Waals surface area contributed by atoms with Crippen LogP contribution in [0.3, 0.4) is 0 Å². The maximum absolute atomic E-state index is 12.2. The summed E-state index contributed by atoms with van der Waals surface area (Å²) >= 11 is 0. The van der Waals surface area contributed by atoms with Gasteiger partial charge in [0.2, 0.25) is 0 Å². The molecule has 20 heavy (non-hydrogen) atoms. The van der Waals surface area contributed by atoms with Gasteiger partial charge in [0.15, 0.2) is 5.78 Å². The van der Waals surface area contributed by atoms with Crippen molar-refractivity contribution in [2.24, 2.45) is 0 Å². The van der Waals surface area contributed by atoms with E-state index in [-0.39, 0.29) is 30.7 Å². The molecular weight excluding hydrogens is 260 g/mol. The van der Waals surface area contributed by atoms with Gasteiger partial charge in [-0.3, -0.25) is 9.59 Å². The summed E-state index contributed by atoms with van der Waals surface area (Å²) in [4.78, 5) is 23.3. The maximum atomic E-state index is 12.2. The van der Waals surface area contributed by atoms with Gasteiger partial charge in [0.05, 0.1) is 25.7 Å². The molecule has 0 radical (unpaired) electrons. The summed E-state index contributed by atoms with van der Waals surface area (Å²) in [5.74, 6) is 0.0339. The van der Waals surface area contributed by atoms with Gasteiger partial charge < -0.3 is 14.2 Å². The van der Waals surface area contributed by atoms with Crippen molar-refractivity contribution in [1.82, 2.24) is 0 Å². The number of epoxide rings is 1. The zero-order valence-electron chi connectivity index (χ0n) is 11.7. The molecule has 0 N–H and O–H groups in total. The normalized spacial score (nSPS) is 16.6. The summed E-state index contributed by atoms with van der Waals surface area (Å²) in [6, 6.07) is 5.45. The monoisotopic (exact) mass is 278 g/mol. The highest BCUT2D eigenvalue weighted by atomic mass is 16.6. The van der Waals surface area contributed by atoms with Crippen molar-refractivity contribution >= 4 is 11.8 Å². The molecule has 0 spiro atoms. The molecule has 1 saturated heterocycles. The van der Waals surface area contributed by atoms with Crippen LogP contribution in [0.15, 0.2) is 18.2 Å². The highest BCUT2D eigenvalue weighted by Crippen LogP contribution is 2.23. The van der Waals surface area contributed by atoms with E-state index in [2.05, 4.69) is 4.74 Å². The Morgan fingerprint density at radius 2 is 2.10 bits per heavy atom. The molecule has 1 aromatic rings. The number of benzene rings is 1. The summed E-state index contributed by atoms with van der Waals surface area (Å²) in [6.07, 6.45) is 0.329. The molecule has 5 nitrogen and oxygen atoms in total. The van der Waals surface area contributed by atoms with Crippen molar-refractivity contribution in [3.8, 4) is 5.75 Å². The van der Waals surface area contributed by atoms with Gasteiger partial charge in [-0.05, 0) is 19.1 Å². The average molecular weight is 278 g/mol. The number of ketones is 1. The van der Waals surface area contributed by atoms with E-state index in [1.165, 1.54) is 7.11 Å². The Hall–Kier alpha value is -1.88. The van der Waals surface area contributed by atoms with Gasteiger partial charge in [-0.1, -0.05) is 11.6 Å². The average Bonchev–Trinajstić information content (AvgIpc) is 3.27. The van der Waals surface area contributed by atoms with Gasteiger partial charge in [0, 0.05) is 6.42 Å². The minimum Gasteiger partial charge on any atom is -0.490 e. The van der Waals surface area contributed by atoms with Gasteiger partial charge in [-0.2, -0.15) is 0 Å². The summed E-state index contributed by atoms with van der Waals surface area (Å²) in [5, 5.41) is 0. The molecule has 1 fully saturated rings. The largest absolute Gasteiger partial charge is 0.490 e. The second kappa shape index (κ2) is 6.52. The Labute approximate surface area is 117 Å². The Morgan fingerprint density at radius 1 is 1.35 bits per heavy atom. The Balaban J connectivity index is 2.04. The summed E-state index contributed by atoms with van der Waals surface area (Å²) < 4.78 is 15.2. The van der Waals surface area contributed by atoms with E-state index in [0.717, 1.165) is 5.56 Å². The molecule has 1 unspecified atom stereocenters. The fourth-order valence-corrected chi connectivity index (χ4v) is 1.79. The zero-order chi connectivity index (χ0) is 14.5. The van der Waals surface area contributed by atoms with E-state index in [9.17, 15) is 9.59 Å². The van der Waals surface area contributed by atoms with E-state index in [1.807, 2.05) is 13.0 Å². The fraction of sp³-hybridized carbons (Fsp3) is 0.467. The summed E-state index contributed by atoms with van der Waals surface area (Å²) in [5.41, 5.74) is 1.48. The lowest BCUT2D eigenvalue weighted by Gasteiger charge is -2.10. The molecule has 1 aliphatic heterocycles. The number of methoxy groups -OCH3 is 1. The number of ether oxygens (including phenoxy) is 3. The van der Waals surface area contributed by atoms with E-state index < -0.39 is 0 Å². The van der Waals surface area contributed by atoms with Crippen LogP contribution in [0.5, 0.6) is 5.75 Å². The quantitative estimate of drug-likeness (QED) is 0.433. The van der Waals surface area contributed by atoms with Gasteiger partial charge in [0.1, 0.15) is 18.5 Å². The first-order valence-corrected chi connectivity index (χ1v) is 6.55. The maximum Gasteiger partial charge on any atom is 0.305 e. The number of hydrogen-bond donors (Lipinski definition) is 0. The van der Waals surface area contributed by atoms with Crippen LogP contribution in [0.2, 0.25) is 0 Å². The second-order valence-corrected chi connectivity index (χ2v) is 4.77. The molecule has 0 aliphatic carbocycles. The van der Waals surface area contributed by atoms with E-state index >= 15 is 0 Å². The third kappa shape index (κ3) is 4.06. The van der Waals surface area contributed by atoms with Crippen molar-refractivity contribution in [3.63, 3.8) is 0 Å². The van der Waals surface area contributed by atoms with Gasteiger partial charge >= 0.3 is 5.97 Å². The van der Waals surface area contributed by atoms with Crippen LogP contribution in [0.1, 0.15) is 28.8 Å². The van der Waals surface area contributed by atoms with Crippen LogP contribution in [0, 0.1) is 6.92 Å². The predicted octanol–water partition coefficient (Wildman–Crippen LogP) is 1.91.